The van der Waals surface area contributed by atoms with Gasteiger partial charge in [0.15, 0.2) is 0 Å². The molecule has 0 amide bonds. The normalized spacial score (nSPS) is 36.8. The van der Waals surface area contributed by atoms with Gasteiger partial charge in [-0.1, -0.05) is 6.92 Å². The lowest BCUT2D eigenvalue weighted by atomic mass is 9.71. The summed E-state index contributed by atoms with van der Waals surface area (Å²) in [4.78, 5) is 11.7. The molecule has 1 aliphatic carbocycles. The van der Waals surface area contributed by atoms with Crippen LogP contribution in [-0.4, -0.2) is 34.5 Å². The molecule has 17 heavy (non-hydrogen) atoms. The van der Waals surface area contributed by atoms with E-state index in [0.29, 0.717) is 31.8 Å². The molecule has 1 aliphatic heterocycles. The highest BCUT2D eigenvalue weighted by Crippen LogP contribution is 2.51. The first-order valence-corrected chi connectivity index (χ1v) is 6.49. The van der Waals surface area contributed by atoms with E-state index < -0.39 is 17.0 Å². The molecule has 0 radical (unpaired) electrons. The van der Waals surface area contributed by atoms with Crippen LogP contribution in [0.3, 0.4) is 0 Å². The van der Waals surface area contributed by atoms with E-state index in [2.05, 4.69) is 0 Å². The van der Waals surface area contributed by atoms with Crippen molar-refractivity contribution in [2.75, 3.05) is 6.61 Å². The summed E-state index contributed by atoms with van der Waals surface area (Å²) in [5.41, 5.74) is -1.79. The number of aliphatic carboxylic acids is 1. The fraction of sp³-hybridized carbons (Fsp3) is 0.923. The van der Waals surface area contributed by atoms with Gasteiger partial charge in [0.05, 0.1) is 17.1 Å². The largest absolute Gasteiger partial charge is 0.481 e. The lowest BCUT2D eigenvalue weighted by molar-refractivity contribution is -0.159. The van der Waals surface area contributed by atoms with Gasteiger partial charge >= 0.3 is 5.97 Å². The van der Waals surface area contributed by atoms with Gasteiger partial charge in [0.1, 0.15) is 0 Å². The van der Waals surface area contributed by atoms with Crippen molar-refractivity contribution < 1.29 is 19.7 Å². The number of hydrogen-bond acceptors (Lipinski definition) is 3. The summed E-state index contributed by atoms with van der Waals surface area (Å²) in [6.45, 7) is 4.12. The van der Waals surface area contributed by atoms with Crippen LogP contribution in [0.15, 0.2) is 0 Å². The standard InChI is InChI=1S/C13H22O4/c1-3-12(2,16)8-13(11(14)15)6-7-17-10(13)9-4-5-9/h9-10,16H,3-8H2,1-2H3,(H,14,15). The number of ether oxygens (including phenoxy) is 1. The molecule has 3 unspecified atom stereocenters. The molecule has 0 aromatic rings. The Balaban J connectivity index is 2.22. The summed E-state index contributed by atoms with van der Waals surface area (Å²) >= 11 is 0. The molecule has 0 aromatic heterocycles. The Morgan fingerprint density at radius 1 is 1.53 bits per heavy atom. The zero-order valence-electron chi connectivity index (χ0n) is 10.6. The lowest BCUT2D eigenvalue weighted by Crippen LogP contribution is -2.46. The smallest absolute Gasteiger partial charge is 0.312 e. The van der Waals surface area contributed by atoms with Crippen molar-refractivity contribution in [3.8, 4) is 0 Å². The predicted molar refractivity (Wildman–Crippen MR) is 62.7 cm³/mol. The van der Waals surface area contributed by atoms with Crippen molar-refractivity contribution in [3.63, 3.8) is 0 Å². The molecule has 98 valence electrons. The molecule has 2 aliphatic rings. The zero-order valence-corrected chi connectivity index (χ0v) is 10.6. The van der Waals surface area contributed by atoms with Gasteiger partial charge < -0.3 is 14.9 Å². The minimum absolute atomic E-state index is 0.196. The van der Waals surface area contributed by atoms with E-state index in [1.807, 2.05) is 6.92 Å². The molecule has 0 spiro atoms. The number of carbonyl (C=O) groups is 1. The maximum Gasteiger partial charge on any atom is 0.312 e. The van der Waals surface area contributed by atoms with Crippen molar-refractivity contribution in [1.82, 2.24) is 0 Å². The Labute approximate surface area is 102 Å². The number of carboxylic acids is 1. The maximum absolute atomic E-state index is 11.7. The molecule has 2 rings (SSSR count). The second-order valence-electron chi connectivity index (χ2n) is 5.87. The van der Waals surface area contributed by atoms with Gasteiger partial charge in [-0.05, 0) is 44.9 Å². The topological polar surface area (TPSA) is 66.8 Å². The van der Waals surface area contributed by atoms with E-state index in [9.17, 15) is 15.0 Å². The van der Waals surface area contributed by atoms with Crippen LogP contribution in [0.25, 0.3) is 0 Å². The first-order chi connectivity index (χ1) is 7.91. The van der Waals surface area contributed by atoms with Crippen molar-refractivity contribution in [3.05, 3.63) is 0 Å². The van der Waals surface area contributed by atoms with E-state index in [-0.39, 0.29) is 6.10 Å². The van der Waals surface area contributed by atoms with Gasteiger partial charge in [0.2, 0.25) is 0 Å². The number of carboxylic acid groups (broad SMARTS) is 1. The molecule has 1 saturated carbocycles. The van der Waals surface area contributed by atoms with E-state index in [1.54, 1.807) is 6.92 Å². The SMILES string of the molecule is CCC(C)(O)CC1(C(=O)O)CCOC1C1CC1. The third-order valence-corrected chi connectivity index (χ3v) is 4.32. The molecule has 1 heterocycles. The molecule has 3 atom stereocenters. The van der Waals surface area contributed by atoms with Gasteiger partial charge in [-0.3, -0.25) is 4.79 Å². The van der Waals surface area contributed by atoms with Crippen molar-refractivity contribution in [1.29, 1.82) is 0 Å². The highest BCUT2D eigenvalue weighted by Gasteiger charge is 2.57. The number of rotatable bonds is 5. The molecule has 4 nitrogen and oxygen atoms in total. The second-order valence-corrected chi connectivity index (χ2v) is 5.87. The van der Waals surface area contributed by atoms with Crippen LogP contribution >= 0.6 is 0 Å². The molecule has 4 heteroatoms. The van der Waals surface area contributed by atoms with Crippen LogP contribution in [0.5, 0.6) is 0 Å². The third-order valence-electron chi connectivity index (χ3n) is 4.32. The molecule has 2 fully saturated rings. The Morgan fingerprint density at radius 2 is 2.18 bits per heavy atom. The summed E-state index contributed by atoms with van der Waals surface area (Å²) in [7, 11) is 0. The van der Waals surface area contributed by atoms with Crippen LogP contribution < -0.4 is 0 Å². The van der Waals surface area contributed by atoms with E-state index >= 15 is 0 Å². The summed E-state index contributed by atoms with van der Waals surface area (Å²) in [5, 5.41) is 19.8. The van der Waals surface area contributed by atoms with Crippen molar-refractivity contribution in [2.45, 2.75) is 57.7 Å². The second kappa shape index (κ2) is 4.25. The van der Waals surface area contributed by atoms with E-state index in [1.165, 1.54) is 0 Å². The zero-order chi connectivity index (χ0) is 12.7. The summed E-state index contributed by atoms with van der Waals surface area (Å²) in [6, 6.07) is 0. The summed E-state index contributed by atoms with van der Waals surface area (Å²) < 4.78 is 5.65. The molecule has 0 aromatic carbocycles. The monoisotopic (exact) mass is 242 g/mol. The third kappa shape index (κ3) is 2.33. The molecular weight excluding hydrogens is 220 g/mol. The van der Waals surface area contributed by atoms with Gasteiger partial charge in [-0.2, -0.15) is 0 Å². The maximum atomic E-state index is 11.7. The first kappa shape index (κ1) is 12.8. The Hall–Kier alpha value is -0.610. The quantitative estimate of drug-likeness (QED) is 0.771. The van der Waals surface area contributed by atoms with Gasteiger partial charge in [-0.15, -0.1) is 0 Å². The van der Waals surface area contributed by atoms with Crippen LogP contribution in [0, 0.1) is 11.3 Å². The Bertz CT molecular complexity index is 309. The number of aliphatic hydroxyl groups is 1. The Morgan fingerprint density at radius 3 is 2.65 bits per heavy atom. The van der Waals surface area contributed by atoms with Crippen molar-refractivity contribution >= 4 is 5.97 Å². The highest BCUT2D eigenvalue weighted by atomic mass is 16.5. The van der Waals surface area contributed by atoms with Crippen LogP contribution in [-0.2, 0) is 9.53 Å². The highest BCUT2D eigenvalue weighted by molar-refractivity contribution is 5.76. The van der Waals surface area contributed by atoms with Crippen LogP contribution in [0.4, 0.5) is 0 Å². The molecule has 2 N–H and O–H groups in total. The molecule has 0 bridgehead atoms. The van der Waals surface area contributed by atoms with Gasteiger partial charge in [0.25, 0.3) is 0 Å². The minimum Gasteiger partial charge on any atom is -0.481 e. The summed E-state index contributed by atoms with van der Waals surface area (Å²) in [5.74, 6) is -0.415. The van der Waals surface area contributed by atoms with E-state index in [4.69, 9.17) is 4.74 Å². The average Bonchev–Trinajstić information content (AvgIpc) is 3.01. The minimum atomic E-state index is -0.917. The number of hydrogen-bond donors (Lipinski definition) is 2. The van der Waals surface area contributed by atoms with Gasteiger partial charge in [0, 0.05) is 6.61 Å². The predicted octanol–water partition coefficient (Wildman–Crippen LogP) is 1.81. The molecular formula is C13H22O4. The summed E-state index contributed by atoms with van der Waals surface area (Å²) in [6.07, 6.45) is 3.33. The lowest BCUT2D eigenvalue weighted by Gasteiger charge is -2.36. The molecule has 1 saturated heterocycles. The van der Waals surface area contributed by atoms with Crippen LogP contribution in [0.2, 0.25) is 0 Å². The fourth-order valence-corrected chi connectivity index (χ4v) is 2.95. The van der Waals surface area contributed by atoms with Gasteiger partial charge in [-0.25, -0.2) is 0 Å². The van der Waals surface area contributed by atoms with E-state index in [0.717, 1.165) is 12.8 Å². The fourth-order valence-electron chi connectivity index (χ4n) is 2.95. The average molecular weight is 242 g/mol. The van der Waals surface area contributed by atoms with Crippen LogP contribution in [0.1, 0.15) is 46.0 Å². The Kier molecular flexibility index (Phi) is 3.21. The van der Waals surface area contributed by atoms with Crippen molar-refractivity contribution in [2.24, 2.45) is 11.3 Å². The first-order valence-electron chi connectivity index (χ1n) is 6.49.